The number of aliphatic carboxylic acids is 1. The van der Waals surface area contributed by atoms with E-state index in [0.717, 1.165) is 31.2 Å². The van der Waals surface area contributed by atoms with Crippen molar-refractivity contribution in [1.29, 1.82) is 0 Å². The number of benzene rings is 1. The molecule has 1 aromatic rings. The first kappa shape index (κ1) is 20.8. The number of sulfonamides is 1. The molecular weight excluding hydrogens is 374 g/mol. The molecule has 2 saturated carbocycles. The minimum Gasteiger partial charge on any atom is -0.481 e. The van der Waals surface area contributed by atoms with E-state index in [9.17, 15) is 13.2 Å². The number of rotatable bonds is 10. The summed E-state index contributed by atoms with van der Waals surface area (Å²) in [7, 11) is -3.49. The second-order valence-corrected chi connectivity index (χ2v) is 9.49. The molecule has 0 spiro atoms. The molecule has 152 valence electrons. The van der Waals surface area contributed by atoms with E-state index in [2.05, 4.69) is 10.8 Å². The molecule has 1 aromatic carbocycles. The van der Waals surface area contributed by atoms with Crippen LogP contribution in [-0.2, 0) is 14.8 Å². The van der Waals surface area contributed by atoms with Gasteiger partial charge in [0.2, 0.25) is 10.0 Å². The first-order chi connectivity index (χ1) is 13.4. The molecule has 2 N–H and O–H groups in total. The number of carboxylic acids is 1. The molecule has 0 radical (unpaired) electrons. The summed E-state index contributed by atoms with van der Waals surface area (Å²) in [6, 6.07) is 9.42. The molecule has 2 fully saturated rings. The third-order valence-corrected chi connectivity index (χ3v) is 7.06. The third kappa shape index (κ3) is 5.79. The Morgan fingerprint density at radius 3 is 2.64 bits per heavy atom. The summed E-state index contributed by atoms with van der Waals surface area (Å²) in [5.74, 6) is 0.573. The van der Waals surface area contributed by atoms with Crippen molar-refractivity contribution < 1.29 is 18.3 Å². The van der Waals surface area contributed by atoms with E-state index in [0.29, 0.717) is 24.2 Å². The Bertz CT molecular complexity index is 816. The molecule has 0 heterocycles. The molecule has 0 saturated heterocycles. The van der Waals surface area contributed by atoms with Crippen molar-refractivity contribution in [1.82, 2.24) is 4.72 Å². The highest BCUT2D eigenvalue weighted by Crippen LogP contribution is 2.50. The summed E-state index contributed by atoms with van der Waals surface area (Å²) in [6.07, 6.45) is 11.6. The fourth-order valence-electron chi connectivity index (χ4n) is 4.64. The Labute approximate surface area is 167 Å². The standard InChI is InChI=1S/C22H29NO4S/c24-21(25)11-7-2-1-6-10-20-18-12-13-19(16-18)22(20)23-28(26,27)15-14-17-8-4-3-5-9-17/h1,3-6,8-9,14-15,18-20,22-23H,2,7,10-13,16H2,(H,24,25)/b6-1-,15-14?. The number of carboxylic acid groups (broad SMARTS) is 1. The molecule has 5 nitrogen and oxygen atoms in total. The number of hydrogen-bond donors (Lipinski definition) is 2. The van der Waals surface area contributed by atoms with Crippen LogP contribution in [0, 0.1) is 17.8 Å². The fraction of sp³-hybridized carbons (Fsp3) is 0.500. The van der Waals surface area contributed by atoms with E-state index in [-0.39, 0.29) is 12.5 Å². The lowest BCUT2D eigenvalue weighted by molar-refractivity contribution is -0.137. The van der Waals surface area contributed by atoms with Crippen molar-refractivity contribution in [2.75, 3.05) is 0 Å². The largest absolute Gasteiger partial charge is 0.481 e. The first-order valence-electron chi connectivity index (χ1n) is 10.1. The van der Waals surface area contributed by atoms with Crippen molar-refractivity contribution in [2.45, 2.75) is 51.0 Å². The van der Waals surface area contributed by atoms with Gasteiger partial charge in [-0.15, -0.1) is 0 Å². The number of hydrogen-bond acceptors (Lipinski definition) is 3. The first-order valence-corrected chi connectivity index (χ1v) is 11.6. The second kappa shape index (κ2) is 9.52. The lowest BCUT2D eigenvalue weighted by Gasteiger charge is -2.30. The molecule has 2 bridgehead atoms. The molecule has 28 heavy (non-hydrogen) atoms. The second-order valence-electron chi connectivity index (χ2n) is 7.89. The Morgan fingerprint density at radius 2 is 1.89 bits per heavy atom. The molecule has 4 atom stereocenters. The summed E-state index contributed by atoms with van der Waals surface area (Å²) < 4.78 is 28.1. The van der Waals surface area contributed by atoms with E-state index in [4.69, 9.17) is 5.11 Å². The van der Waals surface area contributed by atoms with Gasteiger partial charge in [-0.3, -0.25) is 4.79 Å². The van der Waals surface area contributed by atoms with Crippen molar-refractivity contribution in [3.8, 4) is 0 Å². The van der Waals surface area contributed by atoms with E-state index < -0.39 is 16.0 Å². The summed E-state index contributed by atoms with van der Waals surface area (Å²) >= 11 is 0. The topological polar surface area (TPSA) is 83.5 Å². The van der Waals surface area contributed by atoms with Gasteiger partial charge in [-0.2, -0.15) is 0 Å². The fourth-order valence-corrected chi connectivity index (χ4v) is 5.80. The maximum atomic E-state index is 12.6. The van der Waals surface area contributed by atoms with Crippen LogP contribution in [0.25, 0.3) is 6.08 Å². The van der Waals surface area contributed by atoms with Crippen LogP contribution in [0.4, 0.5) is 0 Å². The summed E-state index contributed by atoms with van der Waals surface area (Å²) in [5.41, 5.74) is 0.863. The summed E-state index contributed by atoms with van der Waals surface area (Å²) in [6.45, 7) is 0. The molecule has 2 aliphatic rings. The molecule has 0 aliphatic heterocycles. The zero-order chi connectivity index (χ0) is 20.0. The van der Waals surface area contributed by atoms with Crippen LogP contribution >= 0.6 is 0 Å². The summed E-state index contributed by atoms with van der Waals surface area (Å²) in [4.78, 5) is 10.6. The van der Waals surface area contributed by atoms with Gasteiger partial charge in [0.1, 0.15) is 0 Å². The number of allylic oxidation sites excluding steroid dienone is 2. The molecule has 2 aliphatic carbocycles. The lowest BCUT2D eigenvalue weighted by atomic mass is 9.83. The maximum absolute atomic E-state index is 12.6. The van der Waals surface area contributed by atoms with Gasteiger partial charge in [-0.25, -0.2) is 13.1 Å². The highest BCUT2D eigenvalue weighted by Gasteiger charge is 2.47. The van der Waals surface area contributed by atoms with Gasteiger partial charge in [0.15, 0.2) is 0 Å². The van der Waals surface area contributed by atoms with Gasteiger partial charge in [0.25, 0.3) is 0 Å². The molecule has 6 heteroatoms. The van der Waals surface area contributed by atoms with Crippen molar-refractivity contribution >= 4 is 22.1 Å². The van der Waals surface area contributed by atoms with E-state index >= 15 is 0 Å². The molecule has 0 amide bonds. The zero-order valence-corrected chi connectivity index (χ0v) is 16.9. The quantitative estimate of drug-likeness (QED) is 0.453. The smallest absolute Gasteiger partial charge is 0.303 e. The molecule has 4 unspecified atom stereocenters. The lowest BCUT2D eigenvalue weighted by Crippen LogP contribution is -2.43. The number of carbonyl (C=O) groups is 1. The average molecular weight is 404 g/mol. The SMILES string of the molecule is O=C(O)CCC/C=C\CC1C2CCC(C2)C1NS(=O)(=O)C=Cc1ccccc1. The van der Waals surface area contributed by atoms with E-state index in [1.807, 2.05) is 36.4 Å². The number of unbranched alkanes of at least 4 members (excludes halogenated alkanes) is 1. The Balaban J connectivity index is 1.57. The van der Waals surface area contributed by atoms with Gasteiger partial charge < -0.3 is 5.11 Å². The van der Waals surface area contributed by atoms with Gasteiger partial charge >= 0.3 is 5.97 Å². The van der Waals surface area contributed by atoms with Crippen LogP contribution in [-0.4, -0.2) is 25.5 Å². The predicted octanol–water partition coefficient (Wildman–Crippen LogP) is 4.19. The summed E-state index contributed by atoms with van der Waals surface area (Å²) in [5, 5.41) is 9.95. The molecular formula is C22H29NO4S. The van der Waals surface area contributed by atoms with Crippen molar-refractivity contribution in [2.24, 2.45) is 17.8 Å². The van der Waals surface area contributed by atoms with Crippen molar-refractivity contribution in [3.05, 3.63) is 53.5 Å². The van der Waals surface area contributed by atoms with Crippen LogP contribution in [0.2, 0.25) is 0 Å². The van der Waals surface area contributed by atoms with Crippen LogP contribution in [0.15, 0.2) is 47.9 Å². The third-order valence-electron chi connectivity index (χ3n) is 5.96. The van der Waals surface area contributed by atoms with Crippen LogP contribution in [0.3, 0.4) is 0 Å². The van der Waals surface area contributed by atoms with Crippen LogP contribution < -0.4 is 4.72 Å². The minimum atomic E-state index is -3.49. The minimum absolute atomic E-state index is 0.00663. The molecule has 3 rings (SSSR count). The van der Waals surface area contributed by atoms with Crippen LogP contribution in [0.5, 0.6) is 0 Å². The number of nitrogens with one attached hydrogen (secondary N) is 1. The molecule has 0 aromatic heterocycles. The van der Waals surface area contributed by atoms with Crippen molar-refractivity contribution in [3.63, 3.8) is 0 Å². The highest BCUT2D eigenvalue weighted by molar-refractivity contribution is 7.92. The number of fused-ring (bicyclic) bond motifs is 2. The predicted molar refractivity (Wildman–Crippen MR) is 111 cm³/mol. The zero-order valence-electron chi connectivity index (χ0n) is 16.0. The normalized spacial score (nSPS) is 27.1. The highest BCUT2D eigenvalue weighted by atomic mass is 32.2. The Morgan fingerprint density at radius 1 is 1.14 bits per heavy atom. The van der Waals surface area contributed by atoms with Gasteiger partial charge in [0.05, 0.1) is 0 Å². The Kier molecular flexibility index (Phi) is 7.08. The van der Waals surface area contributed by atoms with Gasteiger partial charge in [-0.05, 0) is 67.9 Å². The van der Waals surface area contributed by atoms with Crippen LogP contribution in [0.1, 0.15) is 50.5 Å². The maximum Gasteiger partial charge on any atom is 0.303 e. The Hall–Kier alpha value is -1.92. The van der Waals surface area contributed by atoms with Gasteiger partial charge in [-0.1, -0.05) is 42.5 Å². The average Bonchev–Trinajstić information content (AvgIpc) is 3.26. The monoisotopic (exact) mass is 403 g/mol. The van der Waals surface area contributed by atoms with E-state index in [1.54, 1.807) is 6.08 Å². The van der Waals surface area contributed by atoms with E-state index in [1.165, 1.54) is 11.8 Å². The van der Waals surface area contributed by atoms with Gasteiger partial charge in [0, 0.05) is 17.9 Å².